The molecule has 0 unspecified atom stereocenters. The number of anilines is 3. The first-order valence-electron chi connectivity index (χ1n) is 12.4. The van der Waals surface area contributed by atoms with Crippen LogP contribution in [0.1, 0.15) is 17.2 Å². The SMILES string of the molecule is N#Cc1ccc(NC(=O)O[C@@H](c2cc(Br)cc(Br)c2O)[C@H](/C=C/C(=O)Nc2ccccc2N)Oc2ccccc2)cc1. The zero-order valence-electron chi connectivity index (χ0n) is 21.8. The number of carbonyl (C=O) groups is 2. The van der Waals surface area contributed by atoms with Crippen LogP contribution in [0.4, 0.5) is 21.9 Å². The highest BCUT2D eigenvalue weighted by Gasteiger charge is 2.31. The number of nitriles is 1. The lowest BCUT2D eigenvalue weighted by molar-refractivity contribution is -0.112. The van der Waals surface area contributed by atoms with Crippen LogP contribution in [0.25, 0.3) is 0 Å². The number of benzene rings is 4. The number of nitrogen functional groups attached to an aromatic ring is 1. The first-order chi connectivity index (χ1) is 20.2. The molecule has 0 aromatic heterocycles. The van der Waals surface area contributed by atoms with Crippen LogP contribution in [0, 0.1) is 11.3 Å². The predicted molar refractivity (Wildman–Crippen MR) is 167 cm³/mol. The number of halogens is 2. The number of hydrogen-bond acceptors (Lipinski definition) is 7. The molecule has 42 heavy (non-hydrogen) atoms. The molecule has 0 bridgehead atoms. The molecule has 9 nitrogen and oxygen atoms in total. The Bertz CT molecular complexity index is 1640. The summed E-state index contributed by atoms with van der Waals surface area (Å²) in [5, 5.41) is 25.4. The first-order valence-corrected chi connectivity index (χ1v) is 14.0. The number of nitrogens with two attached hydrogens (primary N) is 1. The molecule has 2 atom stereocenters. The number of phenolic OH excluding ortho intramolecular Hbond substituents is 1. The van der Waals surface area contributed by atoms with Gasteiger partial charge in [0.1, 0.15) is 11.5 Å². The molecule has 0 fully saturated rings. The van der Waals surface area contributed by atoms with Crippen molar-refractivity contribution in [2.24, 2.45) is 0 Å². The Kier molecular flexibility index (Phi) is 10.2. The molecule has 212 valence electrons. The third-order valence-electron chi connectivity index (χ3n) is 5.83. The maximum Gasteiger partial charge on any atom is 0.412 e. The number of nitrogens with zero attached hydrogens (tertiary/aromatic N) is 1. The largest absolute Gasteiger partial charge is 0.506 e. The van der Waals surface area contributed by atoms with Crippen molar-refractivity contribution < 1.29 is 24.2 Å². The van der Waals surface area contributed by atoms with Crippen molar-refractivity contribution in [1.29, 1.82) is 5.26 Å². The maximum absolute atomic E-state index is 13.1. The number of nitrogens with one attached hydrogen (secondary N) is 2. The molecular weight excluding hydrogens is 668 g/mol. The van der Waals surface area contributed by atoms with E-state index < -0.39 is 24.2 Å². The van der Waals surface area contributed by atoms with Crippen LogP contribution < -0.4 is 21.1 Å². The van der Waals surface area contributed by atoms with Gasteiger partial charge in [0.05, 0.1) is 27.5 Å². The van der Waals surface area contributed by atoms with E-state index in [2.05, 4.69) is 42.5 Å². The summed E-state index contributed by atoms with van der Waals surface area (Å²) in [6.45, 7) is 0. The van der Waals surface area contributed by atoms with Crippen LogP contribution in [0.3, 0.4) is 0 Å². The molecule has 0 aliphatic heterocycles. The van der Waals surface area contributed by atoms with E-state index in [0.717, 1.165) is 0 Å². The number of aromatic hydroxyl groups is 1. The second kappa shape index (κ2) is 14.2. The maximum atomic E-state index is 13.1. The lowest BCUT2D eigenvalue weighted by Gasteiger charge is -2.27. The van der Waals surface area contributed by atoms with Crippen LogP contribution in [0.2, 0.25) is 0 Å². The van der Waals surface area contributed by atoms with E-state index in [9.17, 15) is 14.7 Å². The summed E-state index contributed by atoms with van der Waals surface area (Å²) < 4.78 is 13.0. The quantitative estimate of drug-likeness (QED) is 0.106. The Morgan fingerprint density at radius 1 is 0.952 bits per heavy atom. The van der Waals surface area contributed by atoms with Crippen LogP contribution >= 0.6 is 31.9 Å². The normalized spacial score (nSPS) is 12.1. The molecular formula is C31H24Br2N4O5. The van der Waals surface area contributed by atoms with Gasteiger partial charge in [-0.05, 0) is 82.7 Å². The summed E-state index contributed by atoms with van der Waals surface area (Å²) in [6, 6.07) is 27.0. The second-order valence-electron chi connectivity index (χ2n) is 8.80. The Labute approximate surface area is 258 Å². The third-order valence-corrected chi connectivity index (χ3v) is 6.89. The molecule has 0 aliphatic rings. The lowest BCUT2D eigenvalue weighted by Crippen LogP contribution is -2.30. The standard InChI is InChI=1S/C31H24Br2N4O5/c32-20-16-23(29(39)24(33)17-20)30(42-31(40)36-21-12-10-19(18-34)11-13-21)27(41-22-6-2-1-3-7-22)14-15-28(38)37-26-9-5-4-8-25(26)35/h1-17,27,30,39H,35H2,(H,36,40)(H,37,38)/b15-14+/t27-,30-/m0/s1. The average Bonchev–Trinajstić information content (AvgIpc) is 2.98. The van der Waals surface area contributed by atoms with Gasteiger partial charge >= 0.3 is 6.09 Å². The summed E-state index contributed by atoms with van der Waals surface area (Å²) in [5.74, 6) is -0.268. The Hall–Kier alpha value is -4.79. The molecule has 0 saturated heterocycles. The minimum atomic E-state index is -1.25. The summed E-state index contributed by atoms with van der Waals surface area (Å²) >= 11 is 6.74. The van der Waals surface area contributed by atoms with Crippen LogP contribution in [0.5, 0.6) is 11.5 Å². The fourth-order valence-electron chi connectivity index (χ4n) is 3.83. The van der Waals surface area contributed by atoms with Crippen molar-refractivity contribution >= 4 is 60.9 Å². The number of ether oxygens (including phenoxy) is 2. The highest BCUT2D eigenvalue weighted by atomic mass is 79.9. The molecule has 0 saturated carbocycles. The monoisotopic (exact) mass is 690 g/mol. The smallest absolute Gasteiger partial charge is 0.412 e. The molecule has 4 aromatic carbocycles. The Balaban J connectivity index is 1.70. The minimum absolute atomic E-state index is 0.189. The molecule has 5 N–H and O–H groups in total. The fraction of sp³-hybridized carbons (Fsp3) is 0.0645. The van der Waals surface area contributed by atoms with Gasteiger partial charge in [0.25, 0.3) is 0 Å². The van der Waals surface area contributed by atoms with E-state index in [4.69, 9.17) is 20.5 Å². The van der Waals surface area contributed by atoms with Gasteiger partial charge < -0.3 is 25.6 Å². The lowest BCUT2D eigenvalue weighted by atomic mass is 10.0. The summed E-state index contributed by atoms with van der Waals surface area (Å²) in [7, 11) is 0. The molecule has 0 aliphatic carbocycles. The van der Waals surface area contributed by atoms with E-state index >= 15 is 0 Å². The van der Waals surface area contributed by atoms with Crippen LogP contribution in [0.15, 0.2) is 112 Å². The Morgan fingerprint density at radius 2 is 1.64 bits per heavy atom. The summed E-state index contributed by atoms with van der Waals surface area (Å²) in [5.41, 5.74) is 7.77. The summed E-state index contributed by atoms with van der Waals surface area (Å²) in [4.78, 5) is 26.0. The minimum Gasteiger partial charge on any atom is -0.506 e. The molecule has 0 spiro atoms. The second-order valence-corrected chi connectivity index (χ2v) is 10.6. The van der Waals surface area contributed by atoms with Crippen molar-refractivity contribution in [2.45, 2.75) is 12.2 Å². The summed E-state index contributed by atoms with van der Waals surface area (Å²) in [6.07, 6.45) is -0.543. The number of para-hydroxylation sites is 3. The van der Waals surface area contributed by atoms with Gasteiger partial charge in [-0.15, -0.1) is 0 Å². The number of carbonyl (C=O) groups excluding carboxylic acids is 2. The Morgan fingerprint density at radius 3 is 2.33 bits per heavy atom. The molecule has 4 aromatic rings. The third kappa shape index (κ3) is 8.13. The zero-order valence-corrected chi connectivity index (χ0v) is 25.0. The average molecular weight is 692 g/mol. The van der Waals surface area contributed by atoms with Gasteiger partial charge in [-0.1, -0.05) is 46.3 Å². The van der Waals surface area contributed by atoms with Gasteiger partial charge in [0.2, 0.25) is 5.91 Å². The van der Waals surface area contributed by atoms with E-state index in [-0.39, 0.29) is 11.3 Å². The molecule has 2 amide bonds. The van der Waals surface area contributed by atoms with Gasteiger partial charge in [-0.25, -0.2) is 4.79 Å². The molecule has 0 radical (unpaired) electrons. The van der Waals surface area contributed by atoms with Crippen molar-refractivity contribution in [2.75, 3.05) is 16.4 Å². The molecule has 11 heteroatoms. The van der Waals surface area contributed by atoms with E-state index in [0.29, 0.717) is 37.3 Å². The highest BCUT2D eigenvalue weighted by molar-refractivity contribution is 9.11. The van der Waals surface area contributed by atoms with E-state index in [1.165, 1.54) is 12.2 Å². The fourth-order valence-corrected chi connectivity index (χ4v) is 5.08. The first kappa shape index (κ1) is 30.2. The van der Waals surface area contributed by atoms with Crippen molar-refractivity contribution in [3.63, 3.8) is 0 Å². The number of amides is 2. The number of hydrogen-bond donors (Lipinski definition) is 4. The van der Waals surface area contributed by atoms with E-state index in [1.807, 2.05) is 12.1 Å². The van der Waals surface area contributed by atoms with Gasteiger partial charge in [-0.2, -0.15) is 5.26 Å². The van der Waals surface area contributed by atoms with Crippen LogP contribution in [-0.4, -0.2) is 23.2 Å². The predicted octanol–water partition coefficient (Wildman–Crippen LogP) is 7.30. The van der Waals surface area contributed by atoms with Crippen molar-refractivity contribution in [1.82, 2.24) is 0 Å². The highest BCUT2D eigenvalue weighted by Crippen LogP contribution is 2.39. The molecule has 0 heterocycles. The number of phenols is 1. The van der Waals surface area contributed by atoms with Crippen molar-refractivity contribution in [3.05, 3.63) is 123 Å². The van der Waals surface area contributed by atoms with E-state index in [1.54, 1.807) is 84.9 Å². The van der Waals surface area contributed by atoms with Gasteiger partial charge in [-0.3, -0.25) is 10.1 Å². The topological polar surface area (TPSA) is 147 Å². The van der Waals surface area contributed by atoms with Crippen LogP contribution in [-0.2, 0) is 9.53 Å². The van der Waals surface area contributed by atoms with Gasteiger partial charge in [0.15, 0.2) is 12.2 Å². The number of rotatable bonds is 9. The van der Waals surface area contributed by atoms with Crippen molar-refractivity contribution in [3.8, 4) is 17.6 Å². The van der Waals surface area contributed by atoms with Gasteiger partial charge in [0, 0.05) is 21.8 Å². The zero-order chi connectivity index (χ0) is 30.1. The molecule has 4 rings (SSSR count).